The zero-order valence-corrected chi connectivity index (χ0v) is 17.1. The highest BCUT2D eigenvalue weighted by Gasteiger charge is 2.14. The van der Waals surface area contributed by atoms with Crippen LogP contribution in [0.4, 0.5) is 11.4 Å². The lowest BCUT2D eigenvalue weighted by molar-refractivity contribution is -0.115. The minimum Gasteiger partial charge on any atom is -0.497 e. The van der Waals surface area contributed by atoms with Gasteiger partial charge in [-0.1, -0.05) is 23.7 Å². The molecule has 3 aromatic carbocycles. The Morgan fingerprint density at radius 1 is 0.897 bits per heavy atom. The number of amides is 1. The second-order valence-electron chi connectivity index (χ2n) is 6.21. The highest BCUT2D eigenvalue weighted by atomic mass is 35.5. The number of benzene rings is 3. The van der Waals surface area contributed by atoms with E-state index in [-0.39, 0.29) is 17.2 Å². The van der Waals surface area contributed by atoms with Gasteiger partial charge >= 0.3 is 0 Å². The summed E-state index contributed by atoms with van der Waals surface area (Å²) < 4.78 is 32.6. The highest BCUT2D eigenvalue weighted by Crippen LogP contribution is 2.21. The van der Waals surface area contributed by atoms with Crippen LogP contribution >= 0.6 is 11.6 Å². The normalized spacial score (nSPS) is 11.0. The molecule has 0 atom stereocenters. The van der Waals surface area contributed by atoms with Crippen molar-refractivity contribution in [2.45, 2.75) is 11.3 Å². The lowest BCUT2D eigenvalue weighted by atomic mass is 10.1. The lowest BCUT2D eigenvalue weighted by Gasteiger charge is -2.10. The summed E-state index contributed by atoms with van der Waals surface area (Å²) in [5.41, 5.74) is 1.76. The number of methoxy groups -OCH3 is 1. The Morgan fingerprint density at radius 3 is 2.07 bits per heavy atom. The van der Waals surface area contributed by atoms with Gasteiger partial charge in [0.15, 0.2) is 0 Å². The van der Waals surface area contributed by atoms with E-state index >= 15 is 0 Å². The predicted octanol–water partition coefficient (Wildman–Crippen LogP) is 4.33. The Hall–Kier alpha value is -3.03. The summed E-state index contributed by atoms with van der Waals surface area (Å²) in [6.45, 7) is 0. The number of ether oxygens (including phenoxy) is 1. The van der Waals surface area contributed by atoms with E-state index in [1.54, 1.807) is 60.7 Å². The van der Waals surface area contributed by atoms with Crippen LogP contribution < -0.4 is 14.8 Å². The molecule has 0 saturated heterocycles. The van der Waals surface area contributed by atoms with Gasteiger partial charge in [0.25, 0.3) is 10.0 Å². The largest absolute Gasteiger partial charge is 0.497 e. The average molecular weight is 431 g/mol. The Labute approximate surface area is 174 Å². The van der Waals surface area contributed by atoms with E-state index in [2.05, 4.69) is 10.0 Å². The van der Waals surface area contributed by atoms with Crippen LogP contribution in [0.1, 0.15) is 5.56 Å². The number of hydrogen-bond acceptors (Lipinski definition) is 4. The van der Waals surface area contributed by atoms with Crippen molar-refractivity contribution in [3.8, 4) is 5.75 Å². The Bertz CT molecular complexity index is 1080. The monoisotopic (exact) mass is 430 g/mol. The topological polar surface area (TPSA) is 84.5 Å². The number of carbonyl (C=O) groups excluding carboxylic acids is 1. The molecular formula is C21H19ClN2O4S. The first-order valence-electron chi connectivity index (χ1n) is 8.67. The Balaban J connectivity index is 1.63. The van der Waals surface area contributed by atoms with Crippen LogP contribution in [-0.4, -0.2) is 21.4 Å². The minimum atomic E-state index is -3.75. The summed E-state index contributed by atoms with van der Waals surface area (Å²) in [4.78, 5) is 12.2. The number of nitrogens with one attached hydrogen (secondary N) is 2. The van der Waals surface area contributed by atoms with Crippen molar-refractivity contribution in [3.05, 3.63) is 83.4 Å². The third kappa shape index (κ3) is 5.73. The van der Waals surface area contributed by atoms with Crippen LogP contribution in [0, 0.1) is 0 Å². The third-order valence-electron chi connectivity index (χ3n) is 4.07. The molecule has 3 aromatic rings. The zero-order valence-electron chi connectivity index (χ0n) is 15.6. The highest BCUT2D eigenvalue weighted by molar-refractivity contribution is 7.92. The molecule has 0 radical (unpaired) electrons. The molecule has 1 amide bonds. The molecule has 0 aromatic heterocycles. The van der Waals surface area contributed by atoms with Crippen molar-refractivity contribution < 1.29 is 17.9 Å². The molecule has 0 heterocycles. The van der Waals surface area contributed by atoms with Crippen LogP contribution in [-0.2, 0) is 21.2 Å². The maximum absolute atomic E-state index is 12.5. The van der Waals surface area contributed by atoms with Crippen LogP contribution in [0.5, 0.6) is 5.75 Å². The smallest absolute Gasteiger partial charge is 0.261 e. The van der Waals surface area contributed by atoms with Crippen LogP contribution in [0.25, 0.3) is 0 Å². The summed E-state index contributed by atoms with van der Waals surface area (Å²) in [7, 11) is -2.21. The number of sulfonamides is 1. The van der Waals surface area contributed by atoms with E-state index in [1.807, 2.05) is 0 Å². The summed E-state index contributed by atoms with van der Waals surface area (Å²) in [5.74, 6) is 0.422. The van der Waals surface area contributed by atoms with E-state index in [0.717, 1.165) is 5.56 Å². The summed E-state index contributed by atoms with van der Waals surface area (Å²) in [6.07, 6.45) is 0.191. The molecule has 0 aliphatic carbocycles. The molecule has 3 rings (SSSR count). The van der Waals surface area contributed by atoms with Gasteiger partial charge in [-0.05, 0) is 66.2 Å². The molecule has 0 spiro atoms. The minimum absolute atomic E-state index is 0.0871. The second kappa shape index (κ2) is 8.98. The maximum Gasteiger partial charge on any atom is 0.261 e. The molecule has 0 fully saturated rings. The third-order valence-corrected chi connectivity index (χ3v) is 5.72. The number of hydrogen-bond donors (Lipinski definition) is 2. The van der Waals surface area contributed by atoms with Gasteiger partial charge in [0.05, 0.1) is 18.4 Å². The van der Waals surface area contributed by atoms with E-state index in [9.17, 15) is 13.2 Å². The van der Waals surface area contributed by atoms with Gasteiger partial charge in [-0.2, -0.15) is 0 Å². The van der Waals surface area contributed by atoms with Gasteiger partial charge in [-0.15, -0.1) is 0 Å². The fraction of sp³-hybridized carbons (Fsp3) is 0.0952. The van der Waals surface area contributed by atoms with Crippen molar-refractivity contribution in [3.63, 3.8) is 0 Å². The molecule has 0 saturated carbocycles. The van der Waals surface area contributed by atoms with Gasteiger partial charge in [0.2, 0.25) is 5.91 Å². The van der Waals surface area contributed by atoms with E-state index in [4.69, 9.17) is 16.3 Å². The van der Waals surface area contributed by atoms with Crippen molar-refractivity contribution in [2.75, 3.05) is 17.1 Å². The van der Waals surface area contributed by atoms with Crippen LogP contribution in [0.15, 0.2) is 77.7 Å². The SMILES string of the molecule is COc1ccc(NS(=O)(=O)c2ccc(NC(=O)Cc3ccc(Cl)cc3)cc2)cc1. The molecule has 6 nitrogen and oxygen atoms in total. The van der Waals surface area contributed by atoms with Gasteiger partial charge in [-0.3, -0.25) is 9.52 Å². The van der Waals surface area contributed by atoms with Gasteiger partial charge in [0, 0.05) is 16.4 Å². The van der Waals surface area contributed by atoms with Crippen molar-refractivity contribution in [1.29, 1.82) is 0 Å². The fourth-order valence-corrected chi connectivity index (χ4v) is 3.77. The quantitative estimate of drug-likeness (QED) is 0.584. The summed E-state index contributed by atoms with van der Waals surface area (Å²) >= 11 is 5.83. The first-order valence-corrected chi connectivity index (χ1v) is 10.5. The molecule has 0 aliphatic rings. The zero-order chi connectivity index (χ0) is 20.9. The van der Waals surface area contributed by atoms with Gasteiger partial charge in [-0.25, -0.2) is 8.42 Å². The molecule has 0 aliphatic heterocycles. The average Bonchev–Trinajstić information content (AvgIpc) is 2.70. The first kappa shape index (κ1) is 20.7. The molecule has 2 N–H and O–H groups in total. The number of carbonyl (C=O) groups is 1. The fourth-order valence-electron chi connectivity index (χ4n) is 2.58. The number of halogens is 1. The summed E-state index contributed by atoms with van der Waals surface area (Å²) in [6, 6.07) is 19.5. The van der Waals surface area contributed by atoms with Gasteiger partial charge in [0.1, 0.15) is 5.75 Å². The van der Waals surface area contributed by atoms with Crippen molar-refractivity contribution >= 4 is 38.9 Å². The molecule has 8 heteroatoms. The Kier molecular flexibility index (Phi) is 6.41. The molecular weight excluding hydrogens is 412 g/mol. The molecule has 0 unspecified atom stereocenters. The Morgan fingerprint density at radius 2 is 1.48 bits per heavy atom. The predicted molar refractivity (Wildman–Crippen MR) is 114 cm³/mol. The molecule has 150 valence electrons. The van der Waals surface area contributed by atoms with Gasteiger partial charge < -0.3 is 10.1 Å². The first-order chi connectivity index (χ1) is 13.9. The van der Waals surface area contributed by atoms with E-state index in [0.29, 0.717) is 22.1 Å². The maximum atomic E-state index is 12.5. The van der Waals surface area contributed by atoms with Crippen LogP contribution in [0.3, 0.4) is 0 Å². The van der Waals surface area contributed by atoms with E-state index < -0.39 is 10.0 Å². The number of rotatable bonds is 7. The van der Waals surface area contributed by atoms with E-state index in [1.165, 1.54) is 19.2 Å². The second-order valence-corrected chi connectivity index (χ2v) is 8.33. The lowest BCUT2D eigenvalue weighted by Crippen LogP contribution is -2.15. The van der Waals surface area contributed by atoms with Crippen LogP contribution in [0.2, 0.25) is 5.02 Å². The summed E-state index contributed by atoms with van der Waals surface area (Å²) in [5, 5.41) is 3.35. The van der Waals surface area contributed by atoms with Crippen molar-refractivity contribution in [2.24, 2.45) is 0 Å². The standard InChI is InChI=1S/C21H19ClN2O4S/c1-28-19-10-6-18(7-11-19)24-29(26,27)20-12-8-17(9-13-20)23-21(25)14-15-2-4-16(22)5-3-15/h2-13,24H,14H2,1H3,(H,23,25). The molecule has 0 bridgehead atoms. The molecule has 29 heavy (non-hydrogen) atoms. The van der Waals surface area contributed by atoms with Crippen molar-refractivity contribution in [1.82, 2.24) is 0 Å². The number of anilines is 2.